The topological polar surface area (TPSA) is 87.9 Å². The van der Waals surface area contributed by atoms with Gasteiger partial charge in [-0.25, -0.2) is 8.78 Å². The summed E-state index contributed by atoms with van der Waals surface area (Å²) in [5.41, 5.74) is 2.68. The van der Waals surface area contributed by atoms with E-state index in [9.17, 15) is 13.6 Å². The van der Waals surface area contributed by atoms with Gasteiger partial charge in [0.15, 0.2) is 5.82 Å². The summed E-state index contributed by atoms with van der Waals surface area (Å²) in [6.07, 6.45) is 0.203. The Bertz CT molecular complexity index is 1220. The maximum absolute atomic E-state index is 13.4. The third-order valence-corrected chi connectivity index (χ3v) is 5.19. The molecule has 0 radical (unpaired) electrons. The van der Waals surface area contributed by atoms with E-state index in [4.69, 9.17) is 4.52 Å². The Balaban J connectivity index is 1.30. The molecule has 0 bridgehead atoms. The van der Waals surface area contributed by atoms with Crippen LogP contribution >= 0.6 is 0 Å². The van der Waals surface area contributed by atoms with Crippen molar-refractivity contribution in [2.45, 2.75) is 18.9 Å². The Morgan fingerprint density at radius 3 is 2.65 bits per heavy atom. The fourth-order valence-corrected chi connectivity index (χ4v) is 3.72. The molecular formula is C22H17F2N5O2. The van der Waals surface area contributed by atoms with Crippen molar-refractivity contribution in [3.63, 3.8) is 0 Å². The van der Waals surface area contributed by atoms with Crippen LogP contribution in [0.3, 0.4) is 0 Å². The molecule has 1 unspecified atom stereocenters. The average Bonchev–Trinajstić information content (AvgIpc) is 3.48. The highest BCUT2D eigenvalue weighted by Gasteiger charge is 2.34. The van der Waals surface area contributed by atoms with Crippen molar-refractivity contribution in [3.8, 4) is 22.8 Å². The van der Waals surface area contributed by atoms with Crippen molar-refractivity contribution in [1.82, 2.24) is 25.2 Å². The lowest BCUT2D eigenvalue weighted by Gasteiger charge is -2.16. The molecule has 7 nitrogen and oxygen atoms in total. The van der Waals surface area contributed by atoms with Crippen LogP contribution in [0.1, 0.15) is 23.7 Å². The summed E-state index contributed by atoms with van der Waals surface area (Å²) < 4.78 is 32.2. The SMILES string of the molecule is O=C1CC(c2noc(-c3cc(-c4ccccc4)n[nH]3)n2)CN1Cc1cc(F)cc(F)c1. The first-order valence-electron chi connectivity index (χ1n) is 9.73. The number of hydrogen-bond acceptors (Lipinski definition) is 5. The van der Waals surface area contributed by atoms with Gasteiger partial charge in [-0.1, -0.05) is 35.5 Å². The maximum Gasteiger partial charge on any atom is 0.275 e. The van der Waals surface area contributed by atoms with Gasteiger partial charge in [0.25, 0.3) is 5.89 Å². The monoisotopic (exact) mass is 421 g/mol. The minimum Gasteiger partial charge on any atom is -0.338 e. The van der Waals surface area contributed by atoms with E-state index in [1.807, 2.05) is 36.4 Å². The molecule has 2 aromatic heterocycles. The van der Waals surface area contributed by atoms with E-state index in [1.54, 1.807) is 4.90 Å². The molecule has 156 valence electrons. The third kappa shape index (κ3) is 3.94. The zero-order chi connectivity index (χ0) is 21.4. The summed E-state index contributed by atoms with van der Waals surface area (Å²) in [6.45, 7) is 0.462. The summed E-state index contributed by atoms with van der Waals surface area (Å²) in [6, 6.07) is 14.7. The van der Waals surface area contributed by atoms with Gasteiger partial charge in [-0.15, -0.1) is 0 Å². The number of hydrogen-bond donors (Lipinski definition) is 1. The lowest BCUT2D eigenvalue weighted by atomic mass is 10.1. The van der Waals surface area contributed by atoms with Gasteiger partial charge in [-0.2, -0.15) is 10.1 Å². The van der Waals surface area contributed by atoms with E-state index in [-0.39, 0.29) is 30.7 Å². The van der Waals surface area contributed by atoms with Crippen LogP contribution in [-0.2, 0) is 11.3 Å². The normalized spacial score (nSPS) is 16.3. The van der Waals surface area contributed by atoms with Crippen LogP contribution in [0.25, 0.3) is 22.8 Å². The molecule has 1 saturated heterocycles. The van der Waals surface area contributed by atoms with Crippen molar-refractivity contribution in [2.24, 2.45) is 0 Å². The van der Waals surface area contributed by atoms with Crippen LogP contribution < -0.4 is 0 Å². The number of rotatable bonds is 5. The fourth-order valence-electron chi connectivity index (χ4n) is 3.72. The van der Waals surface area contributed by atoms with Crippen LogP contribution in [0.5, 0.6) is 0 Å². The van der Waals surface area contributed by atoms with Gasteiger partial charge in [-0.3, -0.25) is 9.89 Å². The average molecular weight is 421 g/mol. The number of halogens is 2. The Labute approximate surface area is 175 Å². The number of nitrogens with one attached hydrogen (secondary N) is 1. The second kappa shape index (κ2) is 7.75. The van der Waals surface area contributed by atoms with Crippen molar-refractivity contribution in [3.05, 3.63) is 77.6 Å². The Morgan fingerprint density at radius 1 is 1.10 bits per heavy atom. The van der Waals surface area contributed by atoms with Gasteiger partial charge in [0.1, 0.15) is 17.3 Å². The van der Waals surface area contributed by atoms with Crippen molar-refractivity contribution in [1.29, 1.82) is 0 Å². The molecular weight excluding hydrogens is 404 g/mol. The van der Waals surface area contributed by atoms with Gasteiger partial charge in [0, 0.05) is 37.1 Å². The van der Waals surface area contributed by atoms with Crippen LogP contribution in [-0.4, -0.2) is 37.7 Å². The lowest BCUT2D eigenvalue weighted by Crippen LogP contribution is -2.24. The van der Waals surface area contributed by atoms with Crippen LogP contribution in [0.15, 0.2) is 59.1 Å². The van der Waals surface area contributed by atoms with E-state index in [1.165, 1.54) is 12.1 Å². The smallest absolute Gasteiger partial charge is 0.275 e. The molecule has 3 heterocycles. The Morgan fingerprint density at radius 2 is 1.87 bits per heavy atom. The second-order valence-corrected chi connectivity index (χ2v) is 7.44. The minimum absolute atomic E-state index is 0.121. The largest absolute Gasteiger partial charge is 0.338 e. The molecule has 1 aliphatic heterocycles. The van der Waals surface area contributed by atoms with Crippen LogP contribution in [0.2, 0.25) is 0 Å². The highest BCUT2D eigenvalue weighted by atomic mass is 19.1. The molecule has 5 rings (SSSR count). The second-order valence-electron chi connectivity index (χ2n) is 7.44. The minimum atomic E-state index is -0.671. The molecule has 0 spiro atoms. The molecule has 0 aliphatic carbocycles. The number of carbonyl (C=O) groups excluding carboxylic acids is 1. The zero-order valence-electron chi connectivity index (χ0n) is 16.3. The number of H-pyrrole nitrogens is 1. The van der Waals surface area contributed by atoms with E-state index in [0.717, 1.165) is 17.3 Å². The molecule has 1 aliphatic rings. The van der Waals surface area contributed by atoms with E-state index in [2.05, 4.69) is 20.3 Å². The highest BCUT2D eigenvalue weighted by Crippen LogP contribution is 2.30. The van der Waals surface area contributed by atoms with Crippen molar-refractivity contribution < 1.29 is 18.1 Å². The van der Waals surface area contributed by atoms with Crippen molar-refractivity contribution in [2.75, 3.05) is 6.54 Å². The van der Waals surface area contributed by atoms with Gasteiger partial charge < -0.3 is 9.42 Å². The summed E-state index contributed by atoms with van der Waals surface area (Å²) in [4.78, 5) is 18.4. The Kier molecular flexibility index (Phi) is 4.78. The summed E-state index contributed by atoms with van der Waals surface area (Å²) in [7, 11) is 0. The maximum atomic E-state index is 13.4. The molecule has 9 heteroatoms. The predicted molar refractivity (Wildman–Crippen MR) is 106 cm³/mol. The van der Waals surface area contributed by atoms with Gasteiger partial charge >= 0.3 is 0 Å². The number of amides is 1. The quantitative estimate of drug-likeness (QED) is 0.528. The molecule has 1 fully saturated rings. The van der Waals surface area contributed by atoms with Gasteiger partial charge in [0.05, 0.1) is 5.69 Å². The third-order valence-electron chi connectivity index (χ3n) is 5.19. The molecule has 31 heavy (non-hydrogen) atoms. The summed E-state index contributed by atoms with van der Waals surface area (Å²) in [5, 5.41) is 11.2. The van der Waals surface area contributed by atoms with Crippen molar-refractivity contribution >= 4 is 5.91 Å². The number of carbonyl (C=O) groups is 1. The first kappa shape index (κ1) is 19.1. The molecule has 1 atom stereocenters. The molecule has 1 N–H and O–H groups in total. The summed E-state index contributed by atoms with van der Waals surface area (Å²) >= 11 is 0. The van der Waals surface area contributed by atoms with Gasteiger partial charge in [-0.05, 0) is 23.8 Å². The highest BCUT2D eigenvalue weighted by molar-refractivity contribution is 5.79. The molecule has 2 aromatic carbocycles. The van der Waals surface area contributed by atoms with E-state index >= 15 is 0 Å². The first-order chi connectivity index (χ1) is 15.0. The molecule has 0 saturated carbocycles. The number of aromatic nitrogens is 4. The van der Waals surface area contributed by atoms with Crippen LogP contribution in [0.4, 0.5) is 8.78 Å². The number of nitrogens with zero attached hydrogens (tertiary/aromatic N) is 4. The number of benzene rings is 2. The first-order valence-corrected chi connectivity index (χ1v) is 9.73. The summed E-state index contributed by atoms with van der Waals surface area (Å²) in [5.74, 6) is -1.05. The fraction of sp³-hybridized carbons (Fsp3) is 0.182. The van der Waals surface area contributed by atoms with E-state index in [0.29, 0.717) is 23.6 Å². The number of aromatic amines is 1. The number of likely N-dealkylation sites (tertiary alicyclic amines) is 1. The van der Waals surface area contributed by atoms with Gasteiger partial charge in [0.2, 0.25) is 5.91 Å². The zero-order valence-corrected chi connectivity index (χ0v) is 16.3. The Hall–Kier alpha value is -3.88. The van der Waals surface area contributed by atoms with Crippen LogP contribution in [0, 0.1) is 11.6 Å². The molecule has 4 aromatic rings. The lowest BCUT2D eigenvalue weighted by molar-refractivity contribution is -0.128. The predicted octanol–water partition coefficient (Wildman–Crippen LogP) is 3.92. The van der Waals surface area contributed by atoms with E-state index < -0.39 is 11.6 Å². The molecule has 1 amide bonds. The standard InChI is InChI=1S/C22H17F2N5O2/c23-16-6-13(7-17(24)9-16)11-29-12-15(8-20(29)30)21-25-22(31-28-21)19-10-18(26-27-19)14-4-2-1-3-5-14/h1-7,9-10,15H,8,11-12H2,(H,26,27).